The Morgan fingerprint density at radius 3 is 2.33 bits per heavy atom. The summed E-state index contributed by atoms with van der Waals surface area (Å²) in [5.41, 5.74) is 2.20. The van der Waals surface area contributed by atoms with Crippen molar-refractivity contribution in [1.82, 2.24) is 5.32 Å². The summed E-state index contributed by atoms with van der Waals surface area (Å²) in [6.45, 7) is 0.615. The summed E-state index contributed by atoms with van der Waals surface area (Å²) in [6, 6.07) is 22.8. The summed E-state index contributed by atoms with van der Waals surface area (Å²) in [5, 5.41) is 14.7. The van der Waals surface area contributed by atoms with Gasteiger partial charge in [-0.15, -0.1) is 0 Å². The number of benzene rings is 3. The number of anilines is 1. The number of ether oxygens (including phenoxy) is 1. The topological polar surface area (TPSA) is 87.7 Å². The fraction of sp³-hybridized carbons (Fsp3) is 0.130. The minimum absolute atomic E-state index is 0.0853. The molecule has 3 N–H and O–H groups in total. The maximum atomic E-state index is 12.5. The molecule has 0 aliphatic heterocycles. The zero-order chi connectivity index (χ0) is 21.3. The maximum absolute atomic E-state index is 12.5. The van der Waals surface area contributed by atoms with Crippen LogP contribution >= 0.6 is 22.6 Å². The highest BCUT2D eigenvalue weighted by atomic mass is 127. The van der Waals surface area contributed by atoms with Crippen molar-refractivity contribution in [2.24, 2.45) is 0 Å². The first-order valence-corrected chi connectivity index (χ1v) is 10.4. The number of rotatable bonds is 9. The van der Waals surface area contributed by atoms with E-state index in [-0.39, 0.29) is 18.9 Å². The number of amides is 1. The van der Waals surface area contributed by atoms with Crippen molar-refractivity contribution < 1.29 is 19.4 Å². The molecular weight excluding hydrogens is 495 g/mol. The molecule has 0 atom stereocenters. The van der Waals surface area contributed by atoms with Crippen molar-refractivity contribution in [1.29, 1.82) is 0 Å². The van der Waals surface area contributed by atoms with Crippen molar-refractivity contribution in [3.63, 3.8) is 0 Å². The third-order valence-electron chi connectivity index (χ3n) is 4.24. The highest BCUT2D eigenvalue weighted by molar-refractivity contribution is 14.1. The summed E-state index contributed by atoms with van der Waals surface area (Å²) < 4.78 is 6.72. The normalized spacial score (nSPS) is 10.3. The van der Waals surface area contributed by atoms with Gasteiger partial charge < -0.3 is 20.5 Å². The van der Waals surface area contributed by atoms with Crippen LogP contribution in [0.2, 0.25) is 0 Å². The second-order valence-electron chi connectivity index (χ2n) is 6.50. The monoisotopic (exact) mass is 516 g/mol. The van der Waals surface area contributed by atoms with E-state index in [0.717, 1.165) is 20.6 Å². The second kappa shape index (κ2) is 10.6. The molecule has 3 rings (SSSR count). The molecule has 0 aliphatic rings. The van der Waals surface area contributed by atoms with Crippen LogP contribution in [0.25, 0.3) is 0 Å². The van der Waals surface area contributed by atoms with Crippen molar-refractivity contribution >= 4 is 40.2 Å². The number of hydrogen-bond donors (Lipinski definition) is 3. The van der Waals surface area contributed by atoms with E-state index >= 15 is 0 Å². The van der Waals surface area contributed by atoms with E-state index in [1.165, 1.54) is 0 Å². The predicted molar refractivity (Wildman–Crippen MR) is 124 cm³/mol. The van der Waals surface area contributed by atoms with E-state index in [1.807, 2.05) is 66.7 Å². The first-order valence-electron chi connectivity index (χ1n) is 9.36. The van der Waals surface area contributed by atoms with Crippen LogP contribution in [0.3, 0.4) is 0 Å². The number of carboxylic acids is 1. The average Bonchev–Trinajstić information content (AvgIpc) is 2.74. The molecule has 0 bridgehead atoms. The molecule has 0 spiro atoms. The lowest BCUT2D eigenvalue weighted by Crippen LogP contribution is -2.27. The van der Waals surface area contributed by atoms with Crippen molar-refractivity contribution in [2.75, 3.05) is 11.9 Å². The number of para-hydroxylation sites is 1. The number of nitrogens with one attached hydrogen (secondary N) is 2. The van der Waals surface area contributed by atoms with Gasteiger partial charge in [-0.25, -0.2) is 0 Å². The van der Waals surface area contributed by atoms with Crippen LogP contribution in [0.4, 0.5) is 5.69 Å². The van der Waals surface area contributed by atoms with Gasteiger partial charge in [0.15, 0.2) is 0 Å². The Bertz CT molecular complexity index is 1010. The lowest BCUT2D eigenvalue weighted by atomic mass is 10.1. The summed E-state index contributed by atoms with van der Waals surface area (Å²) in [6.07, 6.45) is -0.115. The number of halogens is 1. The molecule has 0 aliphatic carbocycles. The minimum Gasteiger partial charge on any atom is -0.481 e. The standard InChI is InChI=1S/C23H21IN2O4/c24-17-8-11-21(20(14-17)23(29)25-13-12-22(27)28)26-15-16-6-9-19(10-7-16)30-18-4-2-1-3-5-18/h1-11,14,26H,12-13,15H2,(H,25,29)(H,27,28). The van der Waals surface area contributed by atoms with E-state index in [1.54, 1.807) is 6.07 Å². The molecule has 0 saturated carbocycles. The van der Waals surface area contributed by atoms with Crippen LogP contribution in [-0.4, -0.2) is 23.5 Å². The van der Waals surface area contributed by atoms with Crippen LogP contribution in [0.5, 0.6) is 11.5 Å². The molecule has 7 heteroatoms. The van der Waals surface area contributed by atoms with Gasteiger partial charge in [0.05, 0.1) is 12.0 Å². The first-order chi connectivity index (χ1) is 14.5. The number of hydrogen-bond acceptors (Lipinski definition) is 4. The molecule has 3 aromatic rings. The maximum Gasteiger partial charge on any atom is 0.305 e. The second-order valence-corrected chi connectivity index (χ2v) is 7.75. The molecule has 0 heterocycles. The smallest absolute Gasteiger partial charge is 0.305 e. The van der Waals surface area contributed by atoms with Gasteiger partial charge in [0.2, 0.25) is 0 Å². The van der Waals surface area contributed by atoms with Crippen molar-refractivity contribution in [3.05, 3.63) is 87.5 Å². The minimum atomic E-state index is -0.948. The van der Waals surface area contributed by atoms with Gasteiger partial charge in [-0.3, -0.25) is 9.59 Å². The Morgan fingerprint density at radius 1 is 0.933 bits per heavy atom. The highest BCUT2D eigenvalue weighted by Gasteiger charge is 2.12. The lowest BCUT2D eigenvalue weighted by Gasteiger charge is -2.13. The molecule has 0 aromatic heterocycles. The Labute approximate surface area is 188 Å². The van der Waals surface area contributed by atoms with E-state index in [0.29, 0.717) is 17.8 Å². The van der Waals surface area contributed by atoms with E-state index in [4.69, 9.17) is 9.84 Å². The van der Waals surface area contributed by atoms with E-state index in [9.17, 15) is 9.59 Å². The molecule has 154 valence electrons. The Morgan fingerprint density at radius 2 is 1.63 bits per heavy atom. The molecular formula is C23H21IN2O4. The number of carbonyl (C=O) groups excluding carboxylic acids is 1. The van der Waals surface area contributed by atoms with Crippen molar-refractivity contribution in [2.45, 2.75) is 13.0 Å². The van der Waals surface area contributed by atoms with Gasteiger partial charge in [-0.1, -0.05) is 30.3 Å². The van der Waals surface area contributed by atoms with Gasteiger partial charge >= 0.3 is 5.97 Å². The first kappa shape index (κ1) is 21.6. The molecule has 0 saturated heterocycles. The molecule has 1 amide bonds. The molecule has 30 heavy (non-hydrogen) atoms. The van der Waals surface area contributed by atoms with Crippen LogP contribution in [0.15, 0.2) is 72.8 Å². The third kappa shape index (κ3) is 6.48. The Kier molecular flexibility index (Phi) is 7.67. The van der Waals surface area contributed by atoms with Crippen LogP contribution < -0.4 is 15.4 Å². The van der Waals surface area contributed by atoms with Gasteiger partial charge in [-0.05, 0) is 70.6 Å². The third-order valence-corrected chi connectivity index (χ3v) is 4.91. The van der Waals surface area contributed by atoms with Crippen LogP contribution in [0.1, 0.15) is 22.3 Å². The van der Waals surface area contributed by atoms with Gasteiger partial charge in [0, 0.05) is 22.3 Å². The van der Waals surface area contributed by atoms with Gasteiger partial charge in [0.25, 0.3) is 5.91 Å². The lowest BCUT2D eigenvalue weighted by molar-refractivity contribution is -0.136. The molecule has 0 unspecified atom stereocenters. The largest absolute Gasteiger partial charge is 0.481 e. The number of carboxylic acid groups (broad SMARTS) is 1. The molecule has 0 radical (unpaired) electrons. The van der Waals surface area contributed by atoms with Gasteiger partial charge in [-0.2, -0.15) is 0 Å². The van der Waals surface area contributed by atoms with E-state index in [2.05, 4.69) is 33.2 Å². The zero-order valence-electron chi connectivity index (χ0n) is 16.1. The number of aliphatic carboxylic acids is 1. The van der Waals surface area contributed by atoms with Crippen LogP contribution in [-0.2, 0) is 11.3 Å². The Balaban J connectivity index is 1.62. The molecule has 3 aromatic carbocycles. The summed E-state index contributed by atoms with van der Waals surface area (Å²) in [7, 11) is 0. The quantitative estimate of drug-likeness (QED) is 0.353. The summed E-state index contributed by atoms with van der Waals surface area (Å²) in [5.74, 6) is 0.276. The fourth-order valence-electron chi connectivity index (χ4n) is 2.73. The van der Waals surface area contributed by atoms with E-state index < -0.39 is 5.97 Å². The summed E-state index contributed by atoms with van der Waals surface area (Å²) >= 11 is 2.14. The fourth-order valence-corrected chi connectivity index (χ4v) is 3.23. The number of carbonyl (C=O) groups is 2. The predicted octanol–water partition coefficient (Wildman–Crippen LogP) is 4.90. The SMILES string of the molecule is O=C(O)CCNC(=O)c1cc(I)ccc1NCc1ccc(Oc2ccccc2)cc1. The highest BCUT2D eigenvalue weighted by Crippen LogP contribution is 2.23. The van der Waals surface area contributed by atoms with Gasteiger partial charge in [0.1, 0.15) is 11.5 Å². The Hall–Kier alpha value is -3.07. The molecule has 0 fully saturated rings. The molecule has 6 nitrogen and oxygen atoms in total. The average molecular weight is 516 g/mol. The van der Waals surface area contributed by atoms with Crippen molar-refractivity contribution in [3.8, 4) is 11.5 Å². The summed E-state index contributed by atoms with van der Waals surface area (Å²) in [4.78, 5) is 23.1. The van der Waals surface area contributed by atoms with Crippen LogP contribution in [0, 0.1) is 3.57 Å². The zero-order valence-corrected chi connectivity index (χ0v) is 18.3.